The van der Waals surface area contributed by atoms with Gasteiger partial charge in [0.2, 0.25) is 5.72 Å². The minimum Gasteiger partial charge on any atom is -0.462 e. The van der Waals surface area contributed by atoms with E-state index in [1.165, 1.54) is 0 Å². The molecule has 0 amide bonds. The molecule has 0 aliphatic carbocycles. The minimum absolute atomic E-state index is 0.0669. The van der Waals surface area contributed by atoms with Crippen LogP contribution in [-0.2, 0) is 34.7 Å². The number of nitro groups is 1. The van der Waals surface area contributed by atoms with Crippen molar-refractivity contribution in [2.75, 3.05) is 4.90 Å². The van der Waals surface area contributed by atoms with Gasteiger partial charge >= 0.3 is 11.9 Å². The van der Waals surface area contributed by atoms with Gasteiger partial charge in [0.15, 0.2) is 0 Å². The van der Waals surface area contributed by atoms with Crippen LogP contribution in [-0.4, -0.2) is 45.6 Å². The van der Waals surface area contributed by atoms with E-state index in [0.717, 1.165) is 17.5 Å². The van der Waals surface area contributed by atoms with Gasteiger partial charge in [-0.3, -0.25) is 19.7 Å². The van der Waals surface area contributed by atoms with Gasteiger partial charge < -0.3 is 23.9 Å². The zero-order chi connectivity index (χ0) is 46.8. The normalized spacial score (nSPS) is 18.2. The molecule has 61 heavy (non-hydrogen) atoms. The van der Waals surface area contributed by atoms with Crippen molar-refractivity contribution in [1.29, 1.82) is 0 Å². The van der Waals surface area contributed by atoms with E-state index in [-0.39, 0.29) is 28.0 Å². The van der Waals surface area contributed by atoms with Crippen LogP contribution in [0.1, 0.15) is 167 Å². The van der Waals surface area contributed by atoms with Gasteiger partial charge in [0.25, 0.3) is 5.69 Å². The molecular formula is C51H74N2O8. The zero-order valence-corrected chi connectivity index (χ0v) is 40.5. The van der Waals surface area contributed by atoms with Crippen molar-refractivity contribution in [2.24, 2.45) is 21.7 Å². The Morgan fingerprint density at radius 2 is 1.30 bits per heavy atom. The average molecular weight is 843 g/mol. The second kappa shape index (κ2) is 15.7. The van der Waals surface area contributed by atoms with Gasteiger partial charge in [0.1, 0.15) is 23.2 Å². The SMILES string of the molecule is C=CC(C)(C)CC(C)(C)C(=O)OC(C)(C)CC(C)(C)c1cc([N+](=O)[O-])cc2c1OC1(C=C2)N(C(C)(C)CC(C)(C)OC(=O)C(C)(C)CC(C)(C)C=O)c2ccccc2C1(C)C. The van der Waals surface area contributed by atoms with Gasteiger partial charge in [-0.05, 0) is 137 Å². The Morgan fingerprint density at radius 1 is 0.787 bits per heavy atom. The van der Waals surface area contributed by atoms with Crippen LogP contribution in [0.4, 0.5) is 11.4 Å². The van der Waals surface area contributed by atoms with Gasteiger partial charge in [0, 0.05) is 46.3 Å². The highest BCUT2D eigenvalue weighted by Gasteiger charge is 2.63. The second-order valence-corrected chi connectivity index (χ2v) is 23.5. The van der Waals surface area contributed by atoms with Crippen LogP contribution in [0.2, 0.25) is 0 Å². The first-order valence-electron chi connectivity index (χ1n) is 21.6. The highest BCUT2D eigenvalue weighted by Crippen LogP contribution is 2.59. The number of allylic oxidation sites excluding steroid dienone is 1. The van der Waals surface area contributed by atoms with E-state index in [1.54, 1.807) is 12.1 Å². The number of hydrogen-bond donors (Lipinski definition) is 0. The molecule has 1 spiro atoms. The summed E-state index contributed by atoms with van der Waals surface area (Å²) < 4.78 is 20.2. The topological polar surface area (TPSA) is 125 Å². The summed E-state index contributed by atoms with van der Waals surface area (Å²) in [7, 11) is 0. The fourth-order valence-electron chi connectivity index (χ4n) is 10.6. The van der Waals surface area contributed by atoms with Gasteiger partial charge in [-0.25, -0.2) is 0 Å². The number of hydrogen-bond acceptors (Lipinski definition) is 9. The predicted molar refractivity (Wildman–Crippen MR) is 245 cm³/mol. The molecule has 1 unspecified atom stereocenters. The molecule has 0 saturated carbocycles. The van der Waals surface area contributed by atoms with E-state index in [0.29, 0.717) is 42.6 Å². The summed E-state index contributed by atoms with van der Waals surface area (Å²) in [6.07, 6.45) is 8.29. The summed E-state index contributed by atoms with van der Waals surface area (Å²) in [6.45, 7) is 39.2. The number of benzene rings is 2. The van der Waals surface area contributed by atoms with Crippen LogP contribution < -0.4 is 9.64 Å². The maximum Gasteiger partial charge on any atom is 0.312 e. The smallest absolute Gasteiger partial charge is 0.312 e. The fraction of sp³-hybridized carbons (Fsp3) is 0.627. The molecule has 0 N–H and O–H groups in total. The first-order chi connectivity index (χ1) is 27.4. The number of carbonyl (C=O) groups excluding carboxylic acids is 3. The van der Waals surface area contributed by atoms with Crippen molar-refractivity contribution in [1.82, 2.24) is 0 Å². The van der Waals surface area contributed by atoms with Gasteiger partial charge in [-0.15, -0.1) is 6.58 Å². The quantitative estimate of drug-likeness (QED) is 0.0503. The van der Waals surface area contributed by atoms with Gasteiger partial charge in [0.05, 0.1) is 21.2 Å². The molecule has 0 bridgehead atoms. The summed E-state index contributed by atoms with van der Waals surface area (Å²) in [5.41, 5.74) is -4.78. The van der Waals surface area contributed by atoms with Crippen molar-refractivity contribution in [3.63, 3.8) is 0 Å². The number of nitrogens with zero attached hydrogens (tertiary/aromatic N) is 2. The lowest BCUT2D eigenvalue weighted by atomic mass is 9.72. The Kier molecular flexibility index (Phi) is 12.7. The Morgan fingerprint density at radius 3 is 1.80 bits per heavy atom. The highest BCUT2D eigenvalue weighted by atomic mass is 16.6. The lowest BCUT2D eigenvalue weighted by Gasteiger charge is -2.54. The molecule has 0 aromatic heterocycles. The van der Waals surface area contributed by atoms with Crippen molar-refractivity contribution in [3.05, 3.63) is 81.9 Å². The Bertz CT molecular complexity index is 2100. The molecule has 2 aromatic rings. The molecule has 2 heterocycles. The second-order valence-electron chi connectivity index (χ2n) is 23.5. The van der Waals surface area contributed by atoms with Crippen LogP contribution in [0, 0.1) is 31.8 Å². The first kappa shape index (κ1) is 49.2. The maximum atomic E-state index is 13.8. The summed E-state index contributed by atoms with van der Waals surface area (Å²) in [5.74, 6) is -0.193. The third kappa shape index (κ3) is 9.94. The average Bonchev–Trinajstić information content (AvgIpc) is 3.27. The van der Waals surface area contributed by atoms with E-state index >= 15 is 0 Å². The molecule has 2 aliphatic heterocycles. The summed E-state index contributed by atoms with van der Waals surface area (Å²) in [4.78, 5) is 53.8. The number of nitro benzene ring substituents is 1. The molecular weight excluding hydrogens is 769 g/mol. The standard InChI is InChI=1S/C51H74N2O8/c1-20-42(2,3)29-45(8,9)40(55)60-48(14,15)31-44(6,7)37-28-35(53(57)58)27-34-25-26-51(59-39(34)37)50(18,19)36-23-21-22-24-38(36)52(51)47(12,13)32-49(16,17)61-41(56)46(10,11)30-43(4,5)33-54/h20-28,33H,1,29-32H2,2-19H3. The van der Waals surface area contributed by atoms with Crippen molar-refractivity contribution in [3.8, 4) is 5.75 Å². The Labute approximate surface area is 366 Å². The lowest BCUT2D eigenvalue weighted by Crippen LogP contribution is -2.66. The van der Waals surface area contributed by atoms with Crippen LogP contribution in [0.3, 0.4) is 0 Å². The van der Waals surface area contributed by atoms with Crippen molar-refractivity contribution >= 4 is 35.7 Å². The molecule has 336 valence electrons. The Balaban J connectivity index is 1.82. The van der Waals surface area contributed by atoms with Crippen molar-refractivity contribution in [2.45, 2.75) is 184 Å². The number of rotatable bonds is 17. The van der Waals surface area contributed by atoms with Crippen LogP contribution in [0.5, 0.6) is 5.75 Å². The number of carbonyl (C=O) groups is 3. The molecule has 2 aromatic carbocycles. The number of ether oxygens (including phenoxy) is 3. The van der Waals surface area contributed by atoms with Crippen LogP contribution in [0.15, 0.2) is 55.1 Å². The van der Waals surface area contributed by atoms with Crippen molar-refractivity contribution < 1.29 is 33.5 Å². The largest absolute Gasteiger partial charge is 0.462 e. The monoisotopic (exact) mass is 843 g/mol. The summed E-state index contributed by atoms with van der Waals surface area (Å²) in [5, 5.41) is 12.5. The fourth-order valence-corrected chi connectivity index (χ4v) is 10.6. The van der Waals surface area contributed by atoms with E-state index < -0.39 is 49.5 Å². The number of non-ortho nitro benzene ring substituents is 1. The molecule has 0 fully saturated rings. The molecule has 2 aliphatic rings. The number of esters is 2. The first-order valence-corrected chi connectivity index (χ1v) is 21.6. The third-order valence-corrected chi connectivity index (χ3v) is 12.7. The van der Waals surface area contributed by atoms with Gasteiger partial charge in [-0.1, -0.05) is 65.8 Å². The third-order valence-electron chi connectivity index (χ3n) is 12.7. The Hall–Kier alpha value is -4.47. The number of aldehydes is 1. The molecule has 4 rings (SSSR count). The lowest BCUT2D eigenvalue weighted by molar-refractivity contribution is -0.385. The molecule has 0 radical (unpaired) electrons. The molecule has 1 atom stereocenters. The van der Waals surface area contributed by atoms with Crippen LogP contribution >= 0.6 is 0 Å². The number of para-hydroxylation sites is 1. The van der Waals surface area contributed by atoms with Gasteiger partial charge in [-0.2, -0.15) is 0 Å². The summed E-state index contributed by atoms with van der Waals surface area (Å²) in [6, 6.07) is 11.4. The number of anilines is 1. The zero-order valence-electron chi connectivity index (χ0n) is 40.5. The number of fused-ring (bicyclic) bond motifs is 2. The minimum atomic E-state index is -1.15. The van der Waals surface area contributed by atoms with E-state index in [1.807, 2.05) is 127 Å². The highest BCUT2D eigenvalue weighted by molar-refractivity contribution is 5.78. The maximum absolute atomic E-state index is 13.8. The van der Waals surface area contributed by atoms with Crippen LogP contribution in [0.25, 0.3) is 6.08 Å². The van der Waals surface area contributed by atoms with E-state index in [2.05, 4.69) is 51.3 Å². The molecule has 0 saturated heterocycles. The predicted octanol–water partition coefficient (Wildman–Crippen LogP) is 12.2. The molecule has 10 heteroatoms. The van der Waals surface area contributed by atoms with E-state index in [4.69, 9.17) is 14.2 Å². The summed E-state index contributed by atoms with van der Waals surface area (Å²) >= 11 is 0. The van der Waals surface area contributed by atoms with E-state index in [9.17, 15) is 24.5 Å². The molecule has 10 nitrogen and oxygen atoms in total.